The van der Waals surface area contributed by atoms with E-state index >= 15 is 0 Å². The van der Waals surface area contributed by atoms with Crippen molar-refractivity contribution in [3.8, 4) is 0 Å². The van der Waals surface area contributed by atoms with Crippen molar-refractivity contribution in [2.75, 3.05) is 0 Å². The van der Waals surface area contributed by atoms with Crippen LogP contribution in [-0.4, -0.2) is 0 Å². The van der Waals surface area contributed by atoms with Gasteiger partial charge in [-0.2, -0.15) is 0 Å². The van der Waals surface area contributed by atoms with Crippen molar-refractivity contribution in [1.82, 2.24) is 0 Å². The fraction of sp³-hybridized carbons (Fsp3) is 0.455. The molecule has 0 aromatic heterocycles. The van der Waals surface area contributed by atoms with Crippen molar-refractivity contribution in [2.24, 2.45) is 11.7 Å². The molecule has 1 nitrogen and oxygen atoms in total. The van der Waals surface area contributed by atoms with Crippen LogP contribution in [0.2, 0.25) is 0 Å². The molecule has 1 aromatic carbocycles. The van der Waals surface area contributed by atoms with E-state index in [0.29, 0.717) is 12.1 Å². The second-order valence-corrected chi connectivity index (χ2v) is 4.00. The predicted molar refractivity (Wildman–Crippen MR) is 50.6 cm³/mol. The molecule has 0 heterocycles. The summed E-state index contributed by atoms with van der Waals surface area (Å²) in [6.07, 6.45) is 2.82. The summed E-state index contributed by atoms with van der Waals surface area (Å²) in [6, 6.07) is 0.702. The van der Waals surface area contributed by atoms with Gasteiger partial charge in [0, 0.05) is 23.7 Å². The van der Waals surface area contributed by atoms with E-state index in [1.165, 1.54) is 0 Å². The molecule has 0 radical (unpaired) electrons. The molecule has 0 spiro atoms. The van der Waals surface area contributed by atoms with Gasteiger partial charge in [-0.05, 0) is 18.8 Å². The number of nitrogens with two attached hydrogens (primary N) is 1. The Morgan fingerprint density at radius 1 is 1.13 bits per heavy atom. The number of hydrogen-bond acceptors (Lipinski definition) is 1. The second kappa shape index (κ2) is 3.85. The highest BCUT2D eigenvalue weighted by atomic mass is 19.1. The van der Waals surface area contributed by atoms with Gasteiger partial charge in [0.25, 0.3) is 0 Å². The lowest BCUT2D eigenvalue weighted by Crippen LogP contribution is -2.28. The van der Waals surface area contributed by atoms with Crippen LogP contribution in [0.4, 0.5) is 13.2 Å². The smallest absolute Gasteiger partial charge is 0.133 e. The fourth-order valence-corrected chi connectivity index (χ4v) is 1.91. The van der Waals surface area contributed by atoms with Crippen LogP contribution in [0.3, 0.4) is 0 Å². The number of halogens is 3. The first kappa shape index (κ1) is 10.5. The van der Waals surface area contributed by atoms with Gasteiger partial charge in [-0.1, -0.05) is 6.42 Å². The molecule has 1 saturated carbocycles. The van der Waals surface area contributed by atoms with Crippen LogP contribution in [0.5, 0.6) is 0 Å². The van der Waals surface area contributed by atoms with E-state index in [9.17, 15) is 13.2 Å². The Morgan fingerprint density at radius 2 is 1.67 bits per heavy atom. The average molecular weight is 215 g/mol. The first-order valence-corrected chi connectivity index (χ1v) is 4.99. The van der Waals surface area contributed by atoms with Gasteiger partial charge in [0.2, 0.25) is 0 Å². The zero-order valence-electron chi connectivity index (χ0n) is 8.14. The lowest BCUT2D eigenvalue weighted by Gasteiger charge is -2.31. The summed E-state index contributed by atoms with van der Waals surface area (Å²) in [5, 5.41) is 0. The normalized spacial score (nSPS) is 18.7. The van der Waals surface area contributed by atoms with Crippen molar-refractivity contribution in [1.29, 1.82) is 0 Å². The molecule has 1 aromatic rings. The monoisotopic (exact) mass is 215 g/mol. The maximum absolute atomic E-state index is 13.3. The average Bonchev–Trinajstić information content (AvgIpc) is 1.97. The van der Waals surface area contributed by atoms with E-state index in [-0.39, 0.29) is 11.5 Å². The van der Waals surface area contributed by atoms with Crippen LogP contribution in [0.1, 0.15) is 30.9 Å². The fourth-order valence-electron chi connectivity index (χ4n) is 1.91. The third kappa shape index (κ3) is 1.86. The van der Waals surface area contributed by atoms with Crippen LogP contribution in [0.15, 0.2) is 12.1 Å². The highest BCUT2D eigenvalue weighted by molar-refractivity contribution is 5.25. The van der Waals surface area contributed by atoms with Gasteiger partial charge in [0.1, 0.15) is 17.5 Å². The summed E-state index contributed by atoms with van der Waals surface area (Å²) in [6.45, 7) is 0. The van der Waals surface area contributed by atoms with Crippen molar-refractivity contribution in [3.63, 3.8) is 0 Å². The number of benzene rings is 1. The lowest BCUT2D eigenvalue weighted by molar-refractivity contribution is 0.255. The minimum Gasteiger partial charge on any atom is -0.324 e. The zero-order chi connectivity index (χ0) is 11.0. The number of hydrogen-bond donors (Lipinski definition) is 1. The van der Waals surface area contributed by atoms with Gasteiger partial charge < -0.3 is 5.73 Å². The Balaban J connectivity index is 2.33. The third-order valence-electron chi connectivity index (χ3n) is 3.03. The second-order valence-electron chi connectivity index (χ2n) is 4.00. The highest BCUT2D eigenvalue weighted by Gasteiger charge is 2.29. The summed E-state index contributed by atoms with van der Waals surface area (Å²) < 4.78 is 39.3. The Hall–Kier alpha value is -1.03. The van der Waals surface area contributed by atoms with Gasteiger partial charge in [-0.15, -0.1) is 0 Å². The van der Waals surface area contributed by atoms with E-state index in [4.69, 9.17) is 5.73 Å². The quantitative estimate of drug-likeness (QED) is 0.806. The molecule has 2 rings (SSSR count). The first-order valence-electron chi connectivity index (χ1n) is 4.99. The molecule has 0 amide bonds. The van der Waals surface area contributed by atoms with Gasteiger partial charge in [0.05, 0.1) is 0 Å². The topological polar surface area (TPSA) is 26.0 Å². The Kier molecular flexibility index (Phi) is 2.69. The van der Waals surface area contributed by atoms with E-state index < -0.39 is 23.5 Å². The Bertz CT molecular complexity index is 351. The molecule has 4 heteroatoms. The lowest BCUT2D eigenvalue weighted by atomic mass is 9.77. The van der Waals surface area contributed by atoms with Crippen LogP contribution in [0, 0.1) is 23.4 Å². The number of rotatable bonds is 2. The minimum atomic E-state index is -0.908. The molecule has 1 aliphatic carbocycles. The van der Waals surface area contributed by atoms with Crippen LogP contribution in [0.25, 0.3) is 0 Å². The van der Waals surface area contributed by atoms with Crippen LogP contribution >= 0.6 is 0 Å². The van der Waals surface area contributed by atoms with Crippen LogP contribution < -0.4 is 5.73 Å². The molecule has 0 saturated heterocycles. The molecular weight excluding hydrogens is 203 g/mol. The summed E-state index contributed by atoms with van der Waals surface area (Å²) in [5.74, 6) is -2.55. The summed E-state index contributed by atoms with van der Waals surface area (Å²) in [5.41, 5.74) is 5.57. The SMILES string of the molecule is NC(c1c(F)cc(F)cc1F)C1CCC1. The van der Waals surface area contributed by atoms with Gasteiger partial charge in [-0.25, -0.2) is 13.2 Å². The van der Waals surface area contributed by atoms with E-state index in [1.54, 1.807) is 0 Å². The molecule has 1 aliphatic rings. The van der Waals surface area contributed by atoms with Crippen molar-refractivity contribution in [3.05, 3.63) is 35.1 Å². The standard InChI is InChI=1S/C11H12F3N/c12-7-4-8(13)10(9(14)5-7)11(15)6-2-1-3-6/h4-6,11H,1-3,15H2. The third-order valence-corrected chi connectivity index (χ3v) is 3.03. The molecule has 82 valence electrons. The van der Waals surface area contributed by atoms with Gasteiger partial charge in [-0.3, -0.25) is 0 Å². The van der Waals surface area contributed by atoms with Gasteiger partial charge >= 0.3 is 0 Å². The van der Waals surface area contributed by atoms with Gasteiger partial charge in [0.15, 0.2) is 0 Å². The van der Waals surface area contributed by atoms with Crippen molar-refractivity contribution in [2.45, 2.75) is 25.3 Å². The first-order chi connectivity index (χ1) is 7.09. The Labute approximate surface area is 86.1 Å². The summed E-state index contributed by atoms with van der Waals surface area (Å²) >= 11 is 0. The van der Waals surface area contributed by atoms with Crippen LogP contribution in [-0.2, 0) is 0 Å². The molecule has 15 heavy (non-hydrogen) atoms. The molecule has 2 N–H and O–H groups in total. The maximum Gasteiger partial charge on any atom is 0.133 e. The molecule has 1 fully saturated rings. The predicted octanol–water partition coefficient (Wildman–Crippen LogP) is 2.90. The maximum atomic E-state index is 13.3. The molecule has 0 bridgehead atoms. The van der Waals surface area contributed by atoms with Crippen molar-refractivity contribution < 1.29 is 13.2 Å². The van der Waals surface area contributed by atoms with Crippen molar-refractivity contribution >= 4 is 0 Å². The zero-order valence-corrected chi connectivity index (χ0v) is 8.14. The summed E-state index contributed by atoms with van der Waals surface area (Å²) in [7, 11) is 0. The highest BCUT2D eigenvalue weighted by Crippen LogP contribution is 2.37. The van der Waals surface area contributed by atoms with E-state index in [1.807, 2.05) is 0 Å². The van der Waals surface area contributed by atoms with E-state index in [0.717, 1.165) is 19.3 Å². The molecule has 1 unspecified atom stereocenters. The summed E-state index contributed by atoms with van der Waals surface area (Å²) in [4.78, 5) is 0. The molecular formula is C11H12F3N. The largest absolute Gasteiger partial charge is 0.324 e. The molecule has 0 aliphatic heterocycles. The minimum absolute atomic E-state index is 0.125. The Morgan fingerprint density at radius 3 is 2.07 bits per heavy atom. The molecule has 1 atom stereocenters. The van der Waals surface area contributed by atoms with E-state index in [2.05, 4.69) is 0 Å².